The molecule has 0 amide bonds. The molecule has 22 heavy (non-hydrogen) atoms. The van der Waals surface area contributed by atoms with E-state index < -0.39 is 0 Å². The van der Waals surface area contributed by atoms with E-state index in [1.165, 1.54) is 5.56 Å². The number of rotatable bonds is 2. The van der Waals surface area contributed by atoms with Crippen LogP contribution < -0.4 is 0 Å². The molecule has 0 atom stereocenters. The van der Waals surface area contributed by atoms with Crippen molar-refractivity contribution in [3.05, 3.63) is 58.6 Å². The first kappa shape index (κ1) is 14.9. The Balaban J connectivity index is 2.24. The molecule has 0 bridgehead atoms. The van der Waals surface area contributed by atoms with Crippen molar-refractivity contribution in [2.75, 3.05) is 0 Å². The molecule has 3 rings (SSSR count). The fourth-order valence-electron chi connectivity index (χ4n) is 2.65. The Kier molecular flexibility index (Phi) is 3.57. The normalized spacial score (nSPS) is 11.8. The number of hydrogen-bond acceptors (Lipinski definition) is 1. The van der Waals surface area contributed by atoms with Crippen LogP contribution in [0.4, 0.5) is 0 Å². The lowest BCUT2D eigenvalue weighted by Gasteiger charge is -2.18. The van der Waals surface area contributed by atoms with Crippen LogP contribution in [0.15, 0.2) is 42.5 Å². The summed E-state index contributed by atoms with van der Waals surface area (Å²) in [5, 5.41) is 1.65. The summed E-state index contributed by atoms with van der Waals surface area (Å²) in [5.74, 6) is 0. The zero-order valence-electron chi connectivity index (χ0n) is 12.9. The molecule has 1 aromatic heterocycles. The van der Waals surface area contributed by atoms with Gasteiger partial charge in [-0.15, -0.1) is 0 Å². The van der Waals surface area contributed by atoms with Crippen molar-refractivity contribution in [3.8, 4) is 11.3 Å². The summed E-state index contributed by atoms with van der Waals surface area (Å²) >= 11 is 5.94. The number of benzene rings is 2. The van der Waals surface area contributed by atoms with Crippen LogP contribution in [0.1, 0.15) is 36.7 Å². The summed E-state index contributed by atoms with van der Waals surface area (Å²) in [7, 11) is 0. The minimum absolute atomic E-state index is 0.0477. The number of aromatic amines is 1. The van der Waals surface area contributed by atoms with Crippen LogP contribution in [0.25, 0.3) is 22.2 Å². The number of H-pyrrole nitrogens is 1. The fourth-order valence-corrected chi connectivity index (χ4v) is 2.77. The minimum atomic E-state index is 0.0477. The van der Waals surface area contributed by atoms with E-state index in [4.69, 9.17) is 11.6 Å². The Labute approximate surface area is 135 Å². The minimum Gasteiger partial charge on any atom is -0.354 e. The molecule has 0 fully saturated rings. The number of carbonyl (C=O) groups excluding carboxylic acids is 1. The summed E-state index contributed by atoms with van der Waals surface area (Å²) in [6.45, 7) is 6.50. The second-order valence-electron chi connectivity index (χ2n) is 6.55. The summed E-state index contributed by atoms with van der Waals surface area (Å²) in [6.07, 6.45) is 0.926. The van der Waals surface area contributed by atoms with Gasteiger partial charge in [-0.2, -0.15) is 0 Å². The van der Waals surface area contributed by atoms with Gasteiger partial charge in [-0.3, -0.25) is 4.79 Å². The average molecular weight is 312 g/mol. The van der Waals surface area contributed by atoms with E-state index in [0.29, 0.717) is 10.6 Å². The highest BCUT2D eigenvalue weighted by Gasteiger charge is 2.17. The van der Waals surface area contributed by atoms with Crippen molar-refractivity contribution in [1.82, 2.24) is 4.98 Å². The Morgan fingerprint density at radius 1 is 1.05 bits per heavy atom. The van der Waals surface area contributed by atoms with Gasteiger partial charge in [0.1, 0.15) is 0 Å². The molecular weight excluding hydrogens is 294 g/mol. The first-order chi connectivity index (χ1) is 10.4. The summed E-state index contributed by atoms with van der Waals surface area (Å²) in [5.41, 5.74) is 4.73. The van der Waals surface area contributed by atoms with E-state index >= 15 is 0 Å². The molecule has 0 spiro atoms. The molecule has 2 nitrogen and oxygen atoms in total. The fraction of sp³-hybridized carbons (Fsp3) is 0.211. The molecule has 1 heterocycles. The van der Waals surface area contributed by atoms with Gasteiger partial charge in [0.2, 0.25) is 0 Å². The quantitative estimate of drug-likeness (QED) is 0.614. The standard InChI is InChI=1S/C19H18ClNO/c1-19(2,3)13-6-9-17-15(10-13)16(11-22)18(21-17)12-4-7-14(20)8-5-12/h4-11,21H,1-3H3. The predicted molar refractivity (Wildman–Crippen MR) is 92.8 cm³/mol. The van der Waals surface area contributed by atoms with Crippen LogP contribution in [-0.2, 0) is 5.41 Å². The third-order valence-electron chi connectivity index (χ3n) is 3.96. The van der Waals surface area contributed by atoms with Crippen LogP contribution >= 0.6 is 11.6 Å². The molecule has 3 heteroatoms. The summed E-state index contributed by atoms with van der Waals surface area (Å²) in [6, 6.07) is 13.8. The lowest BCUT2D eigenvalue weighted by molar-refractivity contribution is 0.112. The number of aromatic nitrogens is 1. The number of carbonyl (C=O) groups is 1. The third-order valence-corrected chi connectivity index (χ3v) is 4.21. The van der Waals surface area contributed by atoms with Gasteiger partial charge >= 0.3 is 0 Å². The first-order valence-corrected chi connectivity index (χ1v) is 7.65. The zero-order chi connectivity index (χ0) is 15.9. The van der Waals surface area contributed by atoms with Crippen LogP contribution in [-0.4, -0.2) is 11.3 Å². The van der Waals surface area contributed by atoms with Gasteiger partial charge in [0.25, 0.3) is 0 Å². The average Bonchev–Trinajstić information content (AvgIpc) is 2.84. The summed E-state index contributed by atoms with van der Waals surface area (Å²) in [4.78, 5) is 15.0. The smallest absolute Gasteiger partial charge is 0.152 e. The molecule has 0 aliphatic heterocycles. The Morgan fingerprint density at radius 2 is 1.73 bits per heavy atom. The van der Waals surface area contributed by atoms with E-state index in [1.54, 1.807) is 0 Å². The molecule has 0 saturated heterocycles. The van der Waals surface area contributed by atoms with Gasteiger partial charge in [0.15, 0.2) is 6.29 Å². The lowest BCUT2D eigenvalue weighted by Crippen LogP contribution is -2.10. The van der Waals surface area contributed by atoms with Crippen molar-refractivity contribution in [2.45, 2.75) is 26.2 Å². The van der Waals surface area contributed by atoms with Crippen LogP contribution in [0.5, 0.6) is 0 Å². The Bertz CT molecular complexity index is 838. The molecule has 0 aliphatic rings. The number of aldehydes is 1. The molecule has 0 radical (unpaired) electrons. The zero-order valence-corrected chi connectivity index (χ0v) is 13.7. The van der Waals surface area contributed by atoms with Crippen molar-refractivity contribution in [2.24, 2.45) is 0 Å². The van der Waals surface area contributed by atoms with Gasteiger partial charge in [0, 0.05) is 21.5 Å². The molecular formula is C19H18ClNO. The van der Waals surface area contributed by atoms with Crippen LogP contribution in [0.2, 0.25) is 5.02 Å². The first-order valence-electron chi connectivity index (χ1n) is 7.27. The van der Waals surface area contributed by atoms with Gasteiger partial charge in [-0.1, -0.05) is 50.6 Å². The maximum absolute atomic E-state index is 11.7. The van der Waals surface area contributed by atoms with Crippen molar-refractivity contribution < 1.29 is 4.79 Å². The largest absolute Gasteiger partial charge is 0.354 e. The maximum Gasteiger partial charge on any atom is 0.152 e. The van der Waals surface area contributed by atoms with E-state index in [-0.39, 0.29) is 5.41 Å². The van der Waals surface area contributed by atoms with Crippen molar-refractivity contribution in [3.63, 3.8) is 0 Å². The highest BCUT2D eigenvalue weighted by atomic mass is 35.5. The van der Waals surface area contributed by atoms with Crippen molar-refractivity contribution in [1.29, 1.82) is 0 Å². The molecule has 112 valence electrons. The molecule has 0 aliphatic carbocycles. The monoisotopic (exact) mass is 311 g/mol. The predicted octanol–water partition coefficient (Wildman–Crippen LogP) is 5.60. The van der Waals surface area contributed by atoms with E-state index in [1.807, 2.05) is 30.3 Å². The van der Waals surface area contributed by atoms with Crippen molar-refractivity contribution >= 4 is 28.8 Å². The van der Waals surface area contributed by atoms with Gasteiger partial charge < -0.3 is 4.98 Å². The van der Waals surface area contributed by atoms with E-state index in [2.05, 4.69) is 37.9 Å². The third kappa shape index (κ3) is 2.55. The number of fused-ring (bicyclic) bond motifs is 1. The number of nitrogens with one attached hydrogen (secondary N) is 1. The highest BCUT2D eigenvalue weighted by Crippen LogP contribution is 2.33. The highest BCUT2D eigenvalue weighted by molar-refractivity contribution is 6.30. The Morgan fingerprint density at radius 3 is 2.32 bits per heavy atom. The molecule has 1 N–H and O–H groups in total. The second-order valence-corrected chi connectivity index (χ2v) is 6.99. The second kappa shape index (κ2) is 5.29. The molecule has 2 aromatic carbocycles. The van der Waals surface area contributed by atoms with Gasteiger partial charge in [-0.25, -0.2) is 0 Å². The molecule has 0 saturated carbocycles. The number of hydrogen-bond donors (Lipinski definition) is 1. The Hall–Kier alpha value is -2.06. The molecule has 0 unspecified atom stereocenters. The van der Waals surface area contributed by atoms with Crippen LogP contribution in [0.3, 0.4) is 0 Å². The molecule has 3 aromatic rings. The van der Waals surface area contributed by atoms with Gasteiger partial charge in [0.05, 0.1) is 5.69 Å². The van der Waals surface area contributed by atoms with Crippen LogP contribution in [0, 0.1) is 0 Å². The maximum atomic E-state index is 11.7. The summed E-state index contributed by atoms with van der Waals surface area (Å²) < 4.78 is 0. The van der Waals surface area contributed by atoms with E-state index in [0.717, 1.165) is 28.4 Å². The van der Waals surface area contributed by atoms with E-state index in [9.17, 15) is 4.79 Å². The topological polar surface area (TPSA) is 32.9 Å². The van der Waals surface area contributed by atoms with Gasteiger partial charge in [-0.05, 0) is 40.8 Å². The SMILES string of the molecule is CC(C)(C)c1ccc2[nH]c(-c3ccc(Cl)cc3)c(C=O)c2c1. The number of halogens is 1. The lowest BCUT2D eigenvalue weighted by atomic mass is 9.86.